The summed E-state index contributed by atoms with van der Waals surface area (Å²) in [7, 11) is -1.17. The van der Waals surface area contributed by atoms with Gasteiger partial charge in [0.2, 0.25) is 0 Å². The maximum absolute atomic E-state index is 13.2. The van der Waals surface area contributed by atoms with E-state index in [9.17, 15) is 4.21 Å². The molecule has 0 bridgehead atoms. The summed E-state index contributed by atoms with van der Waals surface area (Å²) < 4.78 is 13.2. The van der Waals surface area contributed by atoms with E-state index in [1.165, 1.54) is 11.1 Å². The molecule has 0 fully saturated rings. The van der Waals surface area contributed by atoms with Crippen LogP contribution in [-0.4, -0.2) is 4.21 Å². The normalized spacial score (nSPS) is 12.1. The van der Waals surface area contributed by atoms with Crippen LogP contribution in [-0.2, 0) is 23.6 Å². The molecule has 0 aromatic heterocycles. The van der Waals surface area contributed by atoms with Crippen LogP contribution in [0.4, 0.5) is 0 Å². The van der Waals surface area contributed by atoms with Crippen molar-refractivity contribution in [1.29, 1.82) is 0 Å². The SMILES string of the molecule is CCc1ccc(S(=O)c2ccccc2Sc2ccccc2)cc1CC. The Hall–Kier alpha value is -1.84. The second-order valence-electron chi connectivity index (χ2n) is 5.77. The molecule has 3 rings (SSSR count). The maximum Gasteiger partial charge on any atom is 0.0861 e. The molecular weight excluding hydrogens is 344 g/mol. The van der Waals surface area contributed by atoms with Crippen LogP contribution in [0.15, 0.2) is 92.4 Å². The lowest BCUT2D eigenvalue weighted by Gasteiger charge is -2.12. The zero-order chi connectivity index (χ0) is 17.6. The molecule has 0 saturated carbocycles. The van der Waals surface area contributed by atoms with Gasteiger partial charge in [-0.1, -0.05) is 62.0 Å². The molecule has 0 heterocycles. The molecule has 1 nitrogen and oxygen atoms in total. The van der Waals surface area contributed by atoms with E-state index in [0.717, 1.165) is 32.4 Å². The first-order chi connectivity index (χ1) is 12.2. The minimum atomic E-state index is -1.17. The van der Waals surface area contributed by atoms with Crippen LogP contribution in [0, 0.1) is 0 Å². The average molecular weight is 367 g/mol. The molecule has 0 aliphatic heterocycles. The fraction of sp³-hybridized carbons (Fsp3) is 0.182. The molecule has 0 aliphatic rings. The van der Waals surface area contributed by atoms with Gasteiger partial charge in [0.15, 0.2) is 0 Å². The number of hydrogen-bond donors (Lipinski definition) is 0. The number of benzene rings is 3. The Bertz CT molecular complexity index is 872. The lowest BCUT2D eigenvalue weighted by atomic mass is 10.0. The zero-order valence-electron chi connectivity index (χ0n) is 14.6. The van der Waals surface area contributed by atoms with Crippen molar-refractivity contribution < 1.29 is 4.21 Å². The lowest BCUT2D eigenvalue weighted by molar-refractivity contribution is 0.681. The molecule has 0 amide bonds. The predicted octanol–water partition coefficient (Wildman–Crippen LogP) is 6.13. The highest BCUT2D eigenvalue weighted by atomic mass is 32.2. The van der Waals surface area contributed by atoms with Crippen molar-refractivity contribution in [2.45, 2.75) is 46.3 Å². The first kappa shape index (κ1) is 18.0. The topological polar surface area (TPSA) is 17.1 Å². The van der Waals surface area contributed by atoms with Crippen LogP contribution >= 0.6 is 11.8 Å². The lowest BCUT2D eigenvalue weighted by Crippen LogP contribution is -1.98. The predicted molar refractivity (Wildman–Crippen MR) is 107 cm³/mol. The minimum Gasteiger partial charge on any atom is -0.249 e. The molecule has 3 aromatic carbocycles. The first-order valence-electron chi connectivity index (χ1n) is 8.58. The quantitative estimate of drug-likeness (QED) is 0.522. The van der Waals surface area contributed by atoms with Crippen molar-refractivity contribution >= 4 is 22.6 Å². The van der Waals surface area contributed by atoms with E-state index in [-0.39, 0.29) is 0 Å². The summed E-state index contributed by atoms with van der Waals surface area (Å²) >= 11 is 1.66. The van der Waals surface area contributed by atoms with Crippen molar-refractivity contribution in [3.63, 3.8) is 0 Å². The van der Waals surface area contributed by atoms with Crippen molar-refractivity contribution in [1.82, 2.24) is 0 Å². The monoisotopic (exact) mass is 366 g/mol. The Morgan fingerprint density at radius 2 is 1.48 bits per heavy atom. The number of hydrogen-bond acceptors (Lipinski definition) is 2. The van der Waals surface area contributed by atoms with Crippen LogP contribution in [0.1, 0.15) is 25.0 Å². The molecule has 0 spiro atoms. The summed E-state index contributed by atoms with van der Waals surface area (Å²) in [4.78, 5) is 3.96. The molecule has 3 aromatic rings. The van der Waals surface area contributed by atoms with Crippen molar-refractivity contribution in [2.24, 2.45) is 0 Å². The smallest absolute Gasteiger partial charge is 0.0861 e. The van der Waals surface area contributed by atoms with Crippen LogP contribution in [0.2, 0.25) is 0 Å². The van der Waals surface area contributed by atoms with Crippen molar-refractivity contribution in [2.75, 3.05) is 0 Å². The standard InChI is InChI=1S/C22H22OS2/c1-3-17-14-15-20(16-18(17)4-2)25(23)22-13-9-8-12-21(22)24-19-10-6-5-7-11-19/h5-16H,3-4H2,1-2H3. The van der Waals surface area contributed by atoms with Gasteiger partial charge in [-0.05, 0) is 60.4 Å². The Labute approximate surface area is 157 Å². The molecule has 0 aliphatic carbocycles. The van der Waals surface area contributed by atoms with E-state index in [4.69, 9.17) is 0 Å². The highest BCUT2D eigenvalue weighted by Gasteiger charge is 2.14. The fourth-order valence-electron chi connectivity index (χ4n) is 2.82. The largest absolute Gasteiger partial charge is 0.249 e. The Balaban J connectivity index is 1.95. The van der Waals surface area contributed by atoms with Gasteiger partial charge in [-0.25, -0.2) is 4.21 Å². The van der Waals surface area contributed by atoms with Gasteiger partial charge in [0.1, 0.15) is 0 Å². The van der Waals surface area contributed by atoms with E-state index in [1.807, 2.05) is 48.5 Å². The van der Waals surface area contributed by atoms with E-state index < -0.39 is 10.8 Å². The molecule has 128 valence electrons. The van der Waals surface area contributed by atoms with E-state index in [2.05, 4.69) is 38.1 Å². The third-order valence-corrected chi connectivity index (χ3v) is 6.82. The van der Waals surface area contributed by atoms with E-state index >= 15 is 0 Å². The van der Waals surface area contributed by atoms with Gasteiger partial charge in [-0.3, -0.25) is 0 Å². The van der Waals surface area contributed by atoms with E-state index in [0.29, 0.717) is 0 Å². The van der Waals surface area contributed by atoms with Gasteiger partial charge in [0.25, 0.3) is 0 Å². The fourth-order valence-corrected chi connectivity index (χ4v) is 5.18. The maximum atomic E-state index is 13.2. The van der Waals surface area contributed by atoms with Crippen molar-refractivity contribution in [3.8, 4) is 0 Å². The molecule has 0 saturated heterocycles. The highest BCUT2D eigenvalue weighted by Crippen LogP contribution is 2.33. The van der Waals surface area contributed by atoms with Gasteiger partial charge >= 0.3 is 0 Å². The highest BCUT2D eigenvalue weighted by molar-refractivity contribution is 8.00. The van der Waals surface area contributed by atoms with Crippen LogP contribution in [0.3, 0.4) is 0 Å². The summed E-state index contributed by atoms with van der Waals surface area (Å²) in [5, 5.41) is 0. The van der Waals surface area contributed by atoms with Gasteiger partial charge in [0.05, 0.1) is 15.7 Å². The van der Waals surface area contributed by atoms with Crippen LogP contribution in [0.25, 0.3) is 0 Å². The molecule has 1 atom stereocenters. The van der Waals surface area contributed by atoms with Crippen molar-refractivity contribution in [3.05, 3.63) is 83.9 Å². The third kappa shape index (κ3) is 4.23. The molecule has 25 heavy (non-hydrogen) atoms. The van der Waals surface area contributed by atoms with E-state index in [1.54, 1.807) is 11.8 Å². The van der Waals surface area contributed by atoms with Gasteiger partial charge in [-0.2, -0.15) is 0 Å². The Morgan fingerprint density at radius 1 is 0.800 bits per heavy atom. The molecule has 0 radical (unpaired) electrons. The summed E-state index contributed by atoms with van der Waals surface area (Å²) in [6.45, 7) is 4.32. The second kappa shape index (κ2) is 8.50. The van der Waals surface area contributed by atoms with Gasteiger partial charge < -0.3 is 0 Å². The zero-order valence-corrected chi connectivity index (χ0v) is 16.2. The van der Waals surface area contributed by atoms with Crippen LogP contribution < -0.4 is 0 Å². The van der Waals surface area contributed by atoms with Crippen LogP contribution in [0.5, 0.6) is 0 Å². The molecule has 0 N–H and O–H groups in total. The molecule has 3 heteroatoms. The number of rotatable bonds is 6. The Kier molecular flexibility index (Phi) is 6.11. The average Bonchev–Trinajstić information content (AvgIpc) is 2.68. The second-order valence-corrected chi connectivity index (χ2v) is 8.33. The first-order valence-corrected chi connectivity index (χ1v) is 10.5. The number of aryl methyl sites for hydroxylation is 2. The summed E-state index contributed by atoms with van der Waals surface area (Å²) in [6, 6.07) is 24.5. The third-order valence-electron chi connectivity index (χ3n) is 4.17. The summed E-state index contributed by atoms with van der Waals surface area (Å²) in [6.07, 6.45) is 1.98. The van der Waals surface area contributed by atoms with Gasteiger partial charge in [-0.15, -0.1) is 0 Å². The molecular formula is C22H22OS2. The minimum absolute atomic E-state index is 0.877. The van der Waals surface area contributed by atoms with Gasteiger partial charge in [0, 0.05) is 14.7 Å². The Morgan fingerprint density at radius 3 is 2.20 bits per heavy atom. The summed E-state index contributed by atoms with van der Waals surface area (Å²) in [5.41, 5.74) is 2.64. The molecule has 1 unspecified atom stereocenters. The summed E-state index contributed by atoms with van der Waals surface area (Å²) in [5.74, 6) is 0.